The third-order valence-corrected chi connectivity index (χ3v) is 8.96. The van der Waals surface area contributed by atoms with Crippen molar-refractivity contribution in [2.75, 3.05) is 5.32 Å². The van der Waals surface area contributed by atoms with Crippen LogP contribution < -0.4 is 5.32 Å². The second-order valence-electron chi connectivity index (χ2n) is 9.70. The molecule has 6 heteroatoms. The van der Waals surface area contributed by atoms with Crippen LogP contribution in [-0.4, -0.2) is 28.7 Å². The molecular formula is C24H25IN2O3. The van der Waals surface area contributed by atoms with Gasteiger partial charge in [0.2, 0.25) is 17.7 Å². The van der Waals surface area contributed by atoms with Crippen molar-refractivity contribution in [1.82, 2.24) is 4.90 Å². The Bertz CT molecular complexity index is 914. The molecule has 0 unspecified atom stereocenters. The molecule has 3 saturated carbocycles. The Labute approximate surface area is 189 Å². The number of carbonyl (C=O) groups is 3. The largest absolute Gasteiger partial charge is 0.326 e. The lowest BCUT2D eigenvalue weighted by molar-refractivity contribution is -0.144. The molecule has 0 aromatic heterocycles. The highest BCUT2D eigenvalue weighted by molar-refractivity contribution is 14.1. The molecule has 30 heavy (non-hydrogen) atoms. The molecule has 6 aliphatic rings. The Morgan fingerprint density at radius 2 is 1.47 bits per heavy atom. The number of halogens is 1. The summed E-state index contributed by atoms with van der Waals surface area (Å²) in [7, 11) is 0. The first-order valence-corrected chi connectivity index (χ1v) is 12.2. The van der Waals surface area contributed by atoms with E-state index in [1.54, 1.807) is 4.90 Å². The number of nitrogens with one attached hydrogen (secondary N) is 1. The number of benzene rings is 1. The van der Waals surface area contributed by atoms with Gasteiger partial charge < -0.3 is 5.32 Å². The maximum Gasteiger partial charge on any atom is 0.233 e. The predicted octanol–water partition coefficient (Wildman–Crippen LogP) is 3.84. The molecule has 0 radical (unpaired) electrons. The summed E-state index contributed by atoms with van der Waals surface area (Å²) in [6.07, 6.45) is 8.56. The summed E-state index contributed by atoms with van der Waals surface area (Å²) in [4.78, 5) is 40.9. The summed E-state index contributed by atoms with van der Waals surface area (Å²) in [6, 6.07) is 7.75. The van der Waals surface area contributed by atoms with E-state index in [4.69, 9.17) is 0 Å². The minimum Gasteiger partial charge on any atom is -0.326 e. The zero-order valence-corrected chi connectivity index (χ0v) is 18.8. The Morgan fingerprint density at radius 3 is 2.03 bits per heavy atom. The van der Waals surface area contributed by atoms with E-state index in [0.29, 0.717) is 11.8 Å². The van der Waals surface area contributed by atoms with E-state index in [0.717, 1.165) is 34.9 Å². The summed E-state index contributed by atoms with van der Waals surface area (Å²) in [6.45, 7) is 0. The first kappa shape index (κ1) is 19.0. The predicted molar refractivity (Wildman–Crippen MR) is 120 cm³/mol. The third kappa shape index (κ3) is 2.82. The Morgan fingerprint density at radius 1 is 0.900 bits per heavy atom. The van der Waals surface area contributed by atoms with Gasteiger partial charge in [-0.3, -0.25) is 19.3 Å². The number of nitrogens with zero attached hydrogens (tertiary/aromatic N) is 1. The van der Waals surface area contributed by atoms with Gasteiger partial charge in [0, 0.05) is 21.2 Å². The Hall–Kier alpha value is -1.70. The van der Waals surface area contributed by atoms with Crippen molar-refractivity contribution < 1.29 is 14.4 Å². The van der Waals surface area contributed by atoms with Crippen molar-refractivity contribution in [3.05, 3.63) is 40.0 Å². The van der Waals surface area contributed by atoms with Crippen molar-refractivity contribution in [2.45, 2.75) is 38.1 Å². The van der Waals surface area contributed by atoms with Crippen molar-refractivity contribution in [1.29, 1.82) is 0 Å². The van der Waals surface area contributed by atoms with E-state index in [9.17, 15) is 14.4 Å². The average Bonchev–Trinajstić information content (AvgIpc) is 3.53. The van der Waals surface area contributed by atoms with Crippen LogP contribution in [0.4, 0.5) is 5.69 Å². The molecule has 6 atom stereocenters. The third-order valence-electron chi connectivity index (χ3n) is 8.24. The van der Waals surface area contributed by atoms with Crippen LogP contribution in [0.25, 0.3) is 0 Å². The van der Waals surface area contributed by atoms with E-state index in [2.05, 4.69) is 40.1 Å². The smallest absolute Gasteiger partial charge is 0.233 e. The maximum atomic E-state index is 13.3. The first-order valence-electron chi connectivity index (χ1n) is 11.1. The summed E-state index contributed by atoms with van der Waals surface area (Å²) >= 11 is 2.24. The molecule has 5 nitrogen and oxygen atoms in total. The van der Waals surface area contributed by atoms with E-state index in [1.165, 1.54) is 6.42 Å². The molecule has 5 aliphatic carbocycles. The molecule has 156 valence electrons. The minimum atomic E-state index is -0.113. The summed E-state index contributed by atoms with van der Waals surface area (Å²) in [5, 5.41) is 3.01. The molecule has 3 amide bonds. The highest BCUT2D eigenvalue weighted by atomic mass is 127. The molecule has 1 aromatic rings. The fraction of sp³-hybridized carbons (Fsp3) is 0.542. The number of imide groups is 1. The van der Waals surface area contributed by atoms with E-state index in [1.807, 2.05) is 24.3 Å². The molecule has 1 aliphatic heterocycles. The van der Waals surface area contributed by atoms with Crippen molar-refractivity contribution in [3.63, 3.8) is 0 Å². The first-order chi connectivity index (χ1) is 14.5. The maximum absolute atomic E-state index is 13.3. The highest BCUT2D eigenvalue weighted by Gasteiger charge is 2.67. The van der Waals surface area contributed by atoms with Crippen LogP contribution in [0.15, 0.2) is 36.4 Å². The monoisotopic (exact) mass is 516 g/mol. The summed E-state index contributed by atoms with van der Waals surface area (Å²) in [5.74, 6) is 1.74. The SMILES string of the molecule is O=C(Nc1ccc(I)cc1)C1CCC(N2C(=O)[C@@H]3[C@H]4C=C[C@@H]([C@@H]5C[C@H]45)[C@H]3C2=O)CC1. The molecule has 2 bridgehead atoms. The van der Waals surface area contributed by atoms with Gasteiger partial charge in [0.1, 0.15) is 0 Å². The molecular weight excluding hydrogens is 491 g/mol. The molecule has 1 aromatic carbocycles. The molecule has 1 N–H and O–H groups in total. The number of allylic oxidation sites excluding steroid dienone is 2. The van der Waals surface area contributed by atoms with Gasteiger partial charge in [0.25, 0.3) is 0 Å². The number of anilines is 1. The fourth-order valence-corrected chi connectivity index (χ4v) is 7.07. The van der Waals surface area contributed by atoms with Crippen LogP contribution in [-0.2, 0) is 14.4 Å². The minimum absolute atomic E-state index is 0.0336. The van der Waals surface area contributed by atoms with Gasteiger partial charge in [-0.1, -0.05) is 12.2 Å². The van der Waals surface area contributed by atoms with Crippen LogP contribution in [0.5, 0.6) is 0 Å². The topological polar surface area (TPSA) is 66.5 Å². The number of amides is 3. The molecule has 1 saturated heterocycles. The van der Waals surface area contributed by atoms with E-state index < -0.39 is 0 Å². The number of likely N-dealkylation sites (tertiary alicyclic amines) is 1. The zero-order chi connectivity index (χ0) is 20.6. The summed E-state index contributed by atoms with van der Waals surface area (Å²) < 4.78 is 1.13. The van der Waals surface area contributed by atoms with Gasteiger partial charge in [-0.25, -0.2) is 0 Å². The van der Waals surface area contributed by atoms with Gasteiger partial charge in [-0.2, -0.15) is 0 Å². The van der Waals surface area contributed by atoms with Gasteiger partial charge >= 0.3 is 0 Å². The standard InChI is InChI=1S/C24H25IN2O3/c25-13-3-5-14(6-4-13)26-22(28)12-1-7-15(8-2-12)27-23(29)20-16-9-10-17(19-11-18(16)19)21(20)24(27)30/h3-6,9-10,12,15-21H,1-2,7-8,11H2,(H,26,28)/t12?,15?,16-,17-,18-,19+,20+,21+/m0/s1. The van der Waals surface area contributed by atoms with Crippen molar-refractivity contribution in [2.24, 2.45) is 41.4 Å². The Balaban J connectivity index is 1.11. The molecule has 7 rings (SSSR count). The van der Waals surface area contributed by atoms with Gasteiger partial charge in [0.05, 0.1) is 11.8 Å². The lowest BCUT2D eigenvalue weighted by Gasteiger charge is -2.37. The summed E-state index contributed by atoms with van der Waals surface area (Å²) in [5.41, 5.74) is 0.818. The van der Waals surface area contributed by atoms with Gasteiger partial charge in [0.15, 0.2) is 0 Å². The van der Waals surface area contributed by atoms with Gasteiger partial charge in [-0.05, 0) is 103 Å². The lowest BCUT2D eigenvalue weighted by Crippen LogP contribution is -2.44. The van der Waals surface area contributed by atoms with Crippen LogP contribution in [0.2, 0.25) is 0 Å². The molecule has 0 spiro atoms. The number of carbonyl (C=O) groups excluding carboxylic acids is 3. The van der Waals surface area contributed by atoms with Gasteiger partial charge in [-0.15, -0.1) is 0 Å². The second-order valence-corrected chi connectivity index (χ2v) is 10.9. The average molecular weight is 516 g/mol. The van der Waals surface area contributed by atoms with Crippen LogP contribution in [0, 0.1) is 45.0 Å². The van der Waals surface area contributed by atoms with Crippen LogP contribution in [0.3, 0.4) is 0 Å². The number of rotatable bonds is 3. The normalized spacial score (nSPS) is 40.9. The van der Waals surface area contributed by atoms with E-state index in [-0.39, 0.29) is 53.4 Å². The second kappa shape index (κ2) is 6.90. The molecule has 4 fully saturated rings. The van der Waals surface area contributed by atoms with Crippen LogP contribution >= 0.6 is 22.6 Å². The van der Waals surface area contributed by atoms with Crippen LogP contribution in [0.1, 0.15) is 32.1 Å². The quantitative estimate of drug-likeness (QED) is 0.377. The Kier molecular flexibility index (Phi) is 4.38. The fourth-order valence-electron chi connectivity index (χ4n) is 6.71. The number of hydrogen-bond acceptors (Lipinski definition) is 3. The highest BCUT2D eigenvalue weighted by Crippen LogP contribution is 2.65. The molecule has 1 heterocycles. The van der Waals surface area contributed by atoms with Crippen molar-refractivity contribution in [3.8, 4) is 0 Å². The number of hydrogen-bond donors (Lipinski definition) is 1. The zero-order valence-electron chi connectivity index (χ0n) is 16.7. The lowest BCUT2D eigenvalue weighted by atomic mass is 9.63. The van der Waals surface area contributed by atoms with Crippen molar-refractivity contribution >= 4 is 46.0 Å². The van der Waals surface area contributed by atoms with E-state index >= 15 is 0 Å².